The highest BCUT2D eigenvalue weighted by Gasteiger charge is 2.17. The molecule has 2 rings (SSSR count). The third kappa shape index (κ3) is 10.9. The van der Waals surface area contributed by atoms with E-state index in [9.17, 15) is 8.42 Å². The van der Waals surface area contributed by atoms with Crippen LogP contribution in [0.5, 0.6) is 0 Å². The Morgan fingerprint density at radius 1 is 0.677 bits per heavy atom. The van der Waals surface area contributed by atoms with Crippen molar-refractivity contribution in [2.45, 2.75) is 95.3 Å². The average molecular weight is 449 g/mol. The van der Waals surface area contributed by atoms with Crippen LogP contribution in [0.15, 0.2) is 47.4 Å². The molecule has 0 saturated heterocycles. The predicted molar refractivity (Wildman–Crippen MR) is 130 cm³/mol. The highest BCUT2D eigenvalue weighted by Crippen LogP contribution is 2.24. The Morgan fingerprint density at radius 2 is 1.16 bits per heavy atom. The minimum atomic E-state index is -3.70. The molecule has 0 unspecified atom stereocenters. The van der Waals surface area contributed by atoms with Crippen molar-refractivity contribution in [3.8, 4) is 0 Å². The van der Waals surface area contributed by atoms with E-state index in [1.54, 1.807) is 12.1 Å². The van der Waals surface area contributed by atoms with Gasteiger partial charge < -0.3 is 4.79 Å². The van der Waals surface area contributed by atoms with Crippen LogP contribution in [0, 0.1) is 0 Å². The second kappa shape index (κ2) is 16.9. The molecule has 0 bridgehead atoms. The Labute approximate surface area is 189 Å². The van der Waals surface area contributed by atoms with E-state index in [2.05, 4.69) is 6.92 Å². The first-order valence-electron chi connectivity index (χ1n) is 11.8. The molecule has 0 spiro atoms. The number of hydrogen-bond acceptors (Lipinski definition) is 4. The average Bonchev–Trinajstić information content (AvgIpc) is 2.80. The van der Waals surface area contributed by atoms with Gasteiger partial charge in [-0.1, -0.05) is 120 Å². The molecule has 174 valence electrons. The fraction of sp³-hybridized carbons (Fsp3) is 0.577. The first-order chi connectivity index (χ1) is 15.1. The van der Waals surface area contributed by atoms with Gasteiger partial charge in [0.25, 0.3) is 10.1 Å². The maximum atomic E-state index is 12.5. The van der Waals surface area contributed by atoms with E-state index >= 15 is 0 Å². The topological polar surface area (TPSA) is 60.4 Å². The molecule has 0 radical (unpaired) electrons. The molecule has 0 atom stereocenters. The van der Waals surface area contributed by atoms with Gasteiger partial charge in [0.05, 0.1) is 6.61 Å². The number of unbranched alkanes of at least 4 members (excludes halogenated alkanes) is 12. The maximum Gasteiger partial charge on any atom is 0.297 e. The standard InChI is InChI=1S/C25H38O3S.CH2O/c1-2-3-4-5-6-7-8-9-10-11-12-13-16-22-28-29(26,27)25-21-17-19-23-18-14-15-20-24(23)25;1-2/h14-15,17-21H,2-13,16,22H2,1H3;1H2. The molecular formula is C26H40O4S. The van der Waals surface area contributed by atoms with Crippen LogP contribution in [0.25, 0.3) is 10.8 Å². The van der Waals surface area contributed by atoms with E-state index in [0.29, 0.717) is 0 Å². The summed E-state index contributed by atoms with van der Waals surface area (Å²) in [5.41, 5.74) is 0. The predicted octanol–water partition coefficient (Wildman–Crippen LogP) is 7.45. The Balaban J connectivity index is 0.00000233. The molecule has 5 heteroatoms. The summed E-state index contributed by atoms with van der Waals surface area (Å²) < 4.78 is 30.4. The third-order valence-electron chi connectivity index (χ3n) is 5.51. The van der Waals surface area contributed by atoms with E-state index in [-0.39, 0.29) is 11.5 Å². The number of benzene rings is 2. The van der Waals surface area contributed by atoms with Crippen LogP contribution >= 0.6 is 0 Å². The van der Waals surface area contributed by atoms with Crippen LogP contribution in [0.4, 0.5) is 0 Å². The fourth-order valence-electron chi connectivity index (χ4n) is 3.77. The number of rotatable bonds is 16. The van der Waals surface area contributed by atoms with E-state index in [1.165, 1.54) is 64.2 Å². The van der Waals surface area contributed by atoms with Crippen LogP contribution in [-0.2, 0) is 19.1 Å². The summed E-state index contributed by atoms with van der Waals surface area (Å²) in [5, 5.41) is 1.64. The van der Waals surface area contributed by atoms with Crippen molar-refractivity contribution in [1.82, 2.24) is 0 Å². The van der Waals surface area contributed by atoms with Gasteiger partial charge in [0.15, 0.2) is 0 Å². The highest BCUT2D eigenvalue weighted by atomic mass is 32.2. The Hall–Kier alpha value is -1.72. The molecule has 0 saturated carbocycles. The molecule has 31 heavy (non-hydrogen) atoms. The van der Waals surface area contributed by atoms with Crippen molar-refractivity contribution in [2.24, 2.45) is 0 Å². The van der Waals surface area contributed by atoms with Gasteiger partial charge in [0, 0.05) is 5.39 Å². The number of carbonyl (C=O) groups excluding carboxylic acids is 1. The summed E-state index contributed by atoms with van der Waals surface area (Å²) in [4.78, 5) is 8.27. The molecule has 0 amide bonds. The van der Waals surface area contributed by atoms with Crippen LogP contribution in [-0.4, -0.2) is 21.8 Å². The second-order valence-corrected chi connectivity index (χ2v) is 9.58. The van der Waals surface area contributed by atoms with Crippen LogP contribution in [0.1, 0.15) is 90.4 Å². The van der Waals surface area contributed by atoms with Gasteiger partial charge in [-0.2, -0.15) is 8.42 Å². The van der Waals surface area contributed by atoms with Gasteiger partial charge in [-0.15, -0.1) is 0 Å². The summed E-state index contributed by atoms with van der Waals surface area (Å²) in [6.45, 7) is 4.53. The molecular weight excluding hydrogens is 408 g/mol. The molecule has 4 nitrogen and oxygen atoms in total. The Kier molecular flexibility index (Phi) is 14.9. The van der Waals surface area contributed by atoms with Crippen molar-refractivity contribution in [1.29, 1.82) is 0 Å². The number of hydrogen-bond donors (Lipinski definition) is 0. The summed E-state index contributed by atoms with van der Waals surface area (Å²) >= 11 is 0. The van der Waals surface area contributed by atoms with Crippen molar-refractivity contribution in [2.75, 3.05) is 6.61 Å². The van der Waals surface area contributed by atoms with Crippen molar-refractivity contribution in [3.05, 3.63) is 42.5 Å². The Morgan fingerprint density at radius 3 is 1.74 bits per heavy atom. The van der Waals surface area contributed by atoms with Crippen molar-refractivity contribution in [3.63, 3.8) is 0 Å². The quantitative estimate of drug-likeness (QED) is 0.198. The molecule has 0 aliphatic carbocycles. The normalized spacial score (nSPS) is 11.3. The number of carbonyl (C=O) groups is 1. The number of fused-ring (bicyclic) bond motifs is 1. The minimum absolute atomic E-state index is 0.267. The van der Waals surface area contributed by atoms with Crippen LogP contribution in [0.2, 0.25) is 0 Å². The highest BCUT2D eigenvalue weighted by molar-refractivity contribution is 7.87. The summed E-state index contributed by atoms with van der Waals surface area (Å²) in [6, 6.07) is 12.8. The van der Waals surface area contributed by atoms with E-state index in [1.807, 2.05) is 37.1 Å². The third-order valence-corrected chi connectivity index (χ3v) is 6.88. The second-order valence-electron chi connectivity index (χ2n) is 8.00. The lowest BCUT2D eigenvalue weighted by atomic mass is 10.0. The largest absolute Gasteiger partial charge is 0.307 e. The Bertz CT molecular complexity index is 812. The molecule has 0 aliphatic heterocycles. The monoisotopic (exact) mass is 448 g/mol. The summed E-state index contributed by atoms with van der Waals surface area (Å²) in [5.74, 6) is 0. The molecule has 2 aromatic rings. The van der Waals surface area contributed by atoms with E-state index < -0.39 is 10.1 Å². The SMILES string of the molecule is C=O.CCCCCCCCCCCCCCCOS(=O)(=O)c1cccc2ccccc12. The zero-order valence-electron chi connectivity index (χ0n) is 19.2. The summed E-state index contributed by atoms with van der Waals surface area (Å²) in [6.07, 6.45) is 16.5. The molecule has 0 N–H and O–H groups in total. The molecule has 0 heterocycles. The van der Waals surface area contributed by atoms with Gasteiger partial charge in [-0.05, 0) is 17.9 Å². The van der Waals surface area contributed by atoms with Crippen molar-refractivity contribution >= 4 is 27.7 Å². The smallest absolute Gasteiger partial charge is 0.297 e. The van der Waals surface area contributed by atoms with Gasteiger partial charge in [0.2, 0.25) is 0 Å². The molecule has 0 aliphatic rings. The molecule has 0 aromatic heterocycles. The fourth-order valence-corrected chi connectivity index (χ4v) is 4.93. The maximum absolute atomic E-state index is 12.5. The van der Waals surface area contributed by atoms with Gasteiger partial charge in [0.1, 0.15) is 11.7 Å². The van der Waals surface area contributed by atoms with Gasteiger partial charge in [-0.3, -0.25) is 4.18 Å². The first kappa shape index (κ1) is 27.3. The van der Waals surface area contributed by atoms with Crippen molar-refractivity contribution < 1.29 is 17.4 Å². The zero-order valence-corrected chi connectivity index (χ0v) is 20.0. The lowest BCUT2D eigenvalue weighted by Crippen LogP contribution is -2.08. The minimum Gasteiger partial charge on any atom is -0.307 e. The van der Waals surface area contributed by atoms with Gasteiger partial charge >= 0.3 is 0 Å². The van der Waals surface area contributed by atoms with E-state index in [4.69, 9.17) is 8.98 Å². The zero-order chi connectivity index (χ0) is 22.8. The summed E-state index contributed by atoms with van der Waals surface area (Å²) in [7, 11) is -3.70. The van der Waals surface area contributed by atoms with Crippen LogP contribution in [0.3, 0.4) is 0 Å². The lowest BCUT2D eigenvalue weighted by Gasteiger charge is -2.08. The lowest BCUT2D eigenvalue weighted by molar-refractivity contribution is -0.0980. The van der Waals surface area contributed by atoms with E-state index in [0.717, 1.165) is 30.0 Å². The molecule has 2 aromatic carbocycles. The van der Waals surface area contributed by atoms with Crippen LogP contribution < -0.4 is 0 Å². The molecule has 0 fully saturated rings. The van der Waals surface area contributed by atoms with Gasteiger partial charge in [-0.25, -0.2) is 0 Å². The first-order valence-corrected chi connectivity index (χ1v) is 13.2.